The number of nitrogens with zero attached hydrogens (tertiary/aromatic N) is 9. The van der Waals surface area contributed by atoms with Crippen molar-refractivity contribution in [2.24, 2.45) is 0 Å². The van der Waals surface area contributed by atoms with E-state index in [1.54, 1.807) is 33.3 Å². The van der Waals surface area contributed by atoms with Crippen LogP contribution in [0.4, 0.5) is 5.82 Å². The van der Waals surface area contributed by atoms with Crippen molar-refractivity contribution >= 4 is 22.5 Å². The average Bonchev–Trinajstić information content (AvgIpc) is 3.42. The smallest absolute Gasteiger partial charge is 0.358 e. The largest absolute Gasteiger partial charge is 0.390 e. The highest BCUT2D eigenvalue weighted by molar-refractivity contribution is 5.89. The van der Waals surface area contributed by atoms with Crippen molar-refractivity contribution in [2.75, 3.05) is 0 Å². The molecule has 5 aromatic rings. The fourth-order valence-corrected chi connectivity index (χ4v) is 3.24. The zero-order chi connectivity index (χ0) is 20.0. The number of hydrogen-bond acceptors (Lipinski definition) is 7. The van der Waals surface area contributed by atoms with E-state index in [9.17, 15) is 10.1 Å². The fourth-order valence-electron chi connectivity index (χ4n) is 3.24. The summed E-state index contributed by atoms with van der Waals surface area (Å²) in [5.41, 5.74) is 2.99. The van der Waals surface area contributed by atoms with Crippen LogP contribution in [0.15, 0.2) is 48.9 Å². The molecular formula is C18H15N9O2. The predicted octanol–water partition coefficient (Wildman–Crippen LogP) is 2.12. The number of para-hydroxylation sites is 1. The first-order chi connectivity index (χ1) is 14.1. The Bertz CT molecular complexity index is 1350. The Morgan fingerprint density at radius 1 is 1.14 bits per heavy atom. The number of hydrogen-bond donors (Lipinski definition) is 0. The Morgan fingerprint density at radius 2 is 1.97 bits per heavy atom. The van der Waals surface area contributed by atoms with E-state index in [4.69, 9.17) is 0 Å². The molecule has 0 atom stereocenters. The summed E-state index contributed by atoms with van der Waals surface area (Å²) in [5.74, 6) is 0.439. The normalized spacial score (nSPS) is 11.5. The summed E-state index contributed by atoms with van der Waals surface area (Å²) in [4.78, 5) is 19.5. The zero-order valence-corrected chi connectivity index (χ0v) is 15.4. The van der Waals surface area contributed by atoms with Crippen LogP contribution in [0.1, 0.15) is 11.5 Å². The fraction of sp³-hybridized carbons (Fsp3) is 0.167. The van der Waals surface area contributed by atoms with Crippen LogP contribution in [0, 0.1) is 17.0 Å². The maximum absolute atomic E-state index is 10.9. The van der Waals surface area contributed by atoms with Crippen molar-refractivity contribution in [2.45, 2.75) is 19.9 Å². The van der Waals surface area contributed by atoms with Gasteiger partial charge in [0.25, 0.3) is 0 Å². The standard InChI is InChI=1S/C18H15N9O2/c1-12-9-16(27(28)29)23-24(12)8-7-15-21-18-14-10-20-26(13-5-3-2-4-6-13)17(14)19-11-25(18)22-15/h2-6,9-11H,7-8H2,1H3. The van der Waals surface area contributed by atoms with Crippen LogP contribution in [0.25, 0.3) is 22.4 Å². The molecule has 4 aromatic heterocycles. The number of nitro groups is 1. The van der Waals surface area contributed by atoms with Gasteiger partial charge in [0.2, 0.25) is 0 Å². The maximum Gasteiger partial charge on any atom is 0.390 e. The van der Waals surface area contributed by atoms with Crippen LogP contribution in [0.5, 0.6) is 0 Å². The molecule has 144 valence electrons. The summed E-state index contributed by atoms with van der Waals surface area (Å²) in [6.07, 6.45) is 3.82. The predicted molar refractivity (Wildman–Crippen MR) is 103 cm³/mol. The Morgan fingerprint density at radius 3 is 2.72 bits per heavy atom. The molecule has 0 bridgehead atoms. The van der Waals surface area contributed by atoms with Gasteiger partial charge in [-0.25, -0.2) is 19.2 Å². The Labute approximate surface area is 163 Å². The van der Waals surface area contributed by atoms with Gasteiger partial charge in [-0.2, -0.15) is 9.78 Å². The number of rotatable bonds is 5. The maximum atomic E-state index is 10.9. The van der Waals surface area contributed by atoms with E-state index in [0.717, 1.165) is 11.1 Å². The molecule has 11 nitrogen and oxygen atoms in total. The Hall–Kier alpha value is -4.15. The first kappa shape index (κ1) is 17.0. The third-order valence-electron chi connectivity index (χ3n) is 4.65. The van der Waals surface area contributed by atoms with Gasteiger partial charge in [-0.3, -0.25) is 0 Å². The quantitative estimate of drug-likeness (QED) is 0.333. The first-order valence-electron chi connectivity index (χ1n) is 8.92. The Balaban J connectivity index is 1.47. The van der Waals surface area contributed by atoms with Crippen molar-refractivity contribution in [1.82, 2.24) is 39.1 Å². The number of aryl methyl sites for hydroxylation is 3. The molecule has 0 aliphatic heterocycles. The van der Waals surface area contributed by atoms with Gasteiger partial charge in [0.1, 0.15) is 6.33 Å². The summed E-state index contributed by atoms with van der Waals surface area (Å²) in [6, 6.07) is 11.2. The molecule has 0 aliphatic rings. The van der Waals surface area contributed by atoms with Crippen LogP contribution in [0.3, 0.4) is 0 Å². The lowest BCUT2D eigenvalue weighted by atomic mass is 10.3. The van der Waals surface area contributed by atoms with E-state index in [1.807, 2.05) is 30.3 Å². The molecule has 0 spiro atoms. The van der Waals surface area contributed by atoms with Gasteiger partial charge in [-0.15, -0.1) is 5.10 Å². The van der Waals surface area contributed by atoms with Crippen LogP contribution >= 0.6 is 0 Å². The van der Waals surface area contributed by atoms with Gasteiger partial charge in [-0.1, -0.05) is 18.2 Å². The van der Waals surface area contributed by atoms with Gasteiger partial charge >= 0.3 is 5.82 Å². The molecule has 0 radical (unpaired) electrons. The number of aromatic nitrogens is 8. The number of benzene rings is 1. The SMILES string of the molecule is Cc1cc([N+](=O)[O-])nn1CCc1nc2c3cnn(-c4ccccc4)c3ncn2n1. The van der Waals surface area contributed by atoms with Crippen LogP contribution in [-0.4, -0.2) is 44.1 Å². The molecule has 0 fully saturated rings. The lowest BCUT2D eigenvalue weighted by Crippen LogP contribution is -2.06. The molecule has 0 N–H and O–H groups in total. The second-order valence-corrected chi connectivity index (χ2v) is 6.54. The second-order valence-electron chi connectivity index (χ2n) is 6.54. The molecular weight excluding hydrogens is 374 g/mol. The molecule has 4 heterocycles. The highest BCUT2D eigenvalue weighted by atomic mass is 16.6. The minimum Gasteiger partial charge on any atom is -0.358 e. The summed E-state index contributed by atoms with van der Waals surface area (Å²) >= 11 is 0. The molecule has 11 heteroatoms. The van der Waals surface area contributed by atoms with Crippen LogP contribution < -0.4 is 0 Å². The Kier molecular flexibility index (Phi) is 3.79. The molecule has 0 saturated heterocycles. The summed E-state index contributed by atoms with van der Waals surface area (Å²) in [5, 5.41) is 24.6. The molecule has 0 amide bonds. The lowest BCUT2D eigenvalue weighted by Gasteiger charge is -2.01. The van der Waals surface area contributed by atoms with E-state index < -0.39 is 4.92 Å². The van der Waals surface area contributed by atoms with Gasteiger partial charge in [0.15, 0.2) is 17.1 Å². The highest BCUT2D eigenvalue weighted by Gasteiger charge is 2.17. The van der Waals surface area contributed by atoms with Gasteiger partial charge in [0, 0.05) is 6.42 Å². The zero-order valence-electron chi connectivity index (χ0n) is 15.4. The third-order valence-corrected chi connectivity index (χ3v) is 4.65. The molecule has 0 saturated carbocycles. The van der Waals surface area contributed by atoms with E-state index >= 15 is 0 Å². The van der Waals surface area contributed by atoms with Crippen molar-refractivity contribution in [3.63, 3.8) is 0 Å². The van der Waals surface area contributed by atoms with Gasteiger partial charge in [-0.05, 0) is 24.0 Å². The topological polar surface area (TPSA) is 122 Å². The average molecular weight is 389 g/mol. The molecule has 0 aliphatic carbocycles. The summed E-state index contributed by atoms with van der Waals surface area (Å²) in [7, 11) is 0. The van der Waals surface area contributed by atoms with Crippen molar-refractivity contribution in [3.05, 3.63) is 70.6 Å². The lowest BCUT2D eigenvalue weighted by molar-refractivity contribution is -0.389. The van der Waals surface area contributed by atoms with Crippen molar-refractivity contribution in [3.8, 4) is 5.69 Å². The van der Waals surface area contributed by atoms with E-state index in [2.05, 4.69) is 25.3 Å². The minimum absolute atomic E-state index is 0.162. The van der Waals surface area contributed by atoms with Crippen molar-refractivity contribution in [1.29, 1.82) is 0 Å². The summed E-state index contributed by atoms with van der Waals surface area (Å²) < 4.78 is 4.97. The highest BCUT2D eigenvalue weighted by Crippen LogP contribution is 2.20. The monoisotopic (exact) mass is 389 g/mol. The van der Waals surface area contributed by atoms with E-state index in [-0.39, 0.29) is 5.82 Å². The number of fused-ring (bicyclic) bond motifs is 3. The minimum atomic E-state index is -0.501. The van der Waals surface area contributed by atoms with Crippen LogP contribution in [0.2, 0.25) is 0 Å². The third kappa shape index (κ3) is 2.88. The second kappa shape index (κ2) is 6.48. The molecule has 29 heavy (non-hydrogen) atoms. The van der Waals surface area contributed by atoms with E-state index in [0.29, 0.717) is 35.8 Å². The van der Waals surface area contributed by atoms with Crippen LogP contribution in [-0.2, 0) is 13.0 Å². The van der Waals surface area contributed by atoms with Crippen molar-refractivity contribution < 1.29 is 4.92 Å². The molecule has 1 aromatic carbocycles. The molecule has 5 rings (SSSR count). The van der Waals surface area contributed by atoms with Gasteiger partial charge in [0.05, 0.1) is 40.7 Å². The van der Waals surface area contributed by atoms with Gasteiger partial charge < -0.3 is 10.1 Å². The summed E-state index contributed by atoms with van der Waals surface area (Å²) in [6.45, 7) is 2.22. The molecule has 0 unspecified atom stereocenters. The first-order valence-corrected chi connectivity index (χ1v) is 8.92. The van der Waals surface area contributed by atoms with E-state index in [1.165, 1.54) is 6.07 Å².